The highest BCUT2D eigenvalue weighted by atomic mass is 19.1. The Bertz CT molecular complexity index is 1100. The number of anilines is 2. The molecule has 3 aromatic carbocycles. The molecule has 0 bridgehead atoms. The number of nitrogens with zero attached hydrogens (tertiary/aromatic N) is 2. The SMILES string of the molecule is CN(C)c1ccc(NC(=O)C2CC(c3ccccc3)CN(C(=O)c3ccc(F)cc3)C2)cc1. The topological polar surface area (TPSA) is 52.7 Å². The fourth-order valence-corrected chi connectivity index (χ4v) is 4.28. The van der Waals surface area contributed by atoms with Crippen LogP contribution in [0.25, 0.3) is 0 Å². The molecule has 0 spiro atoms. The van der Waals surface area contributed by atoms with E-state index in [0.717, 1.165) is 16.9 Å². The number of carbonyl (C=O) groups is 2. The van der Waals surface area contributed by atoms with Crippen LogP contribution in [0.3, 0.4) is 0 Å². The molecular formula is C27H28FN3O2. The lowest BCUT2D eigenvalue weighted by Gasteiger charge is -2.37. The average molecular weight is 446 g/mol. The highest BCUT2D eigenvalue weighted by molar-refractivity contribution is 5.96. The van der Waals surface area contributed by atoms with Crippen molar-refractivity contribution in [1.82, 2.24) is 4.90 Å². The second kappa shape index (κ2) is 9.86. The molecule has 3 aromatic rings. The van der Waals surface area contributed by atoms with Gasteiger partial charge in [0.05, 0.1) is 5.92 Å². The number of amides is 2. The molecule has 1 fully saturated rings. The van der Waals surface area contributed by atoms with Gasteiger partial charge in [0.15, 0.2) is 0 Å². The van der Waals surface area contributed by atoms with Crippen molar-refractivity contribution in [2.24, 2.45) is 5.92 Å². The van der Waals surface area contributed by atoms with E-state index in [1.54, 1.807) is 4.90 Å². The van der Waals surface area contributed by atoms with Crippen molar-refractivity contribution in [3.8, 4) is 0 Å². The molecule has 1 saturated heterocycles. The number of hydrogen-bond acceptors (Lipinski definition) is 3. The minimum absolute atomic E-state index is 0.0382. The van der Waals surface area contributed by atoms with Crippen LogP contribution in [0.5, 0.6) is 0 Å². The van der Waals surface area contributed by atoms with Crippen molar-refractivity contribution in [3.63, 3.8) is 0 Å². The van der Waals surface area contributed by atoms with Crippen molar-refractivity contribution >= 4 is 23.2 Å². The van der Waals surface area contributed by atoms with Crippen molar-refractivity contribution in [2.75, 3.05) is 37.4 Å². The van der Waals surface area contributed by atoms with Gasteiger partial charge in [-0.2, -0.15) is 0 Å². The molecule has 0 radical (unpaired) electrons. The smallest absolute Gasteiger partial charge is 0.253 e. The van der Waals surface area contributed by atoms with Gasteiger partial charge in [0.25, 0.3) is 5.91 Å². The lowest BCUT2D eigenvalue weighted by molar-refractivity contribution is -0.121. The second-order valence-corrected chi connectivity index (χ2v) is 8.69. The molecule has 33 heavy (non-hydrogen) atoms. The van der Waals surface area contributed by atoms with Gasteiger partial charge >= 0.3 is 0 Å². The lowest BCUT2D eigenvalue weighted by Crippen LogP contribution is -2.46. The molecule has 1 N–H and O–H groups in total. The lowest BCUT2D eigenvalue weighted by atomic mass is 9.83. The number of likely N-dealkylation sites (tertiary alicyclic amines) is 1. The summed E-state index contributed by atoms with van der Waals surface area (Å²) in [5.74, 6) is -1.00. The van der Waals surface area contributed by atoms with Crippen molar-refractivity contribution in [2.45, 2.75) is 12.3 Å². The third-order valence-corrected chi connectivity index (χ3v) is 6.12. The summed E-state index contributed by atoms with van der Waals surface area (Å²) in [5.41, 5.74) is 3.29. The Morgan fingerprint density at radius 1 is 0.909 bits per heavy atom. The van der Waals surface area contributed by atoms with Gasteiger partial charge in [0.1, 0.15) is 5.82 Å². The molecule has 1 heterocycles. The van der Waals surface area contributed by atoms with E-state index in [2.05, 4.69) is 5.32 Å². The maximum atomic E-state index is 13.3. The van der Waals surface area contributed by atoms with Crippen molar-refractivity contribution in [3.05, 3.63) is 95.8 Å². The fourth-order valence-electron chi connectivity index (χ4n) is 4.28. The van der Waals surface area contributed by atoms with E-state index in [4.69, 9.17) is 0 Å². The minimum Gasteiger partial charge on any atom is -0.378 e. The molecule has 2 unspecified atom stereocenters. The summed E-state index contributed by atoms with van der Waals surface area (Å²) in [4.78, 5) is 30.1. The summed E-state index contributed by atoms with van der Waals surface area (Å²) in [6, 6.07) is 23.2. The summed E-state index contributed by atoms with van der Waals surface area (Å²) in [6.45, 7) is 0.836. The number of carbonyl (C=O) groups excluding carboxylic acids is 2. The Kier molecular flexibility index (Phi) is 6.73. The van der Waals surface area contributed by atoms with E-state index < -0.39 is 0 Å². The maximum Gasteiger partial charge on any atom is 0.253 e. The van der Waals surface area contributed by atoms with Gasteiger partial charge < -0.3 is 15.1 Å². The zero-order valence-corrected chi connectivity index (χ0v) is 18.9. The maximum absolute atomic E-state index is 13.3. The first-order chi connectivity index (χ1) is 15.9. The predicted molar refractivity (Wildman–Crippen MR) is 129 cm³/mol. The summed E-state index contributed by atoms with van der Waals surface area (Å²) >= 11 is 0. The number of benzene rings is 3. The van der Waals surface area contributed by atoms with Crippen LogP contribution in [0, 0.1) is 11.7 Å². The number of piperidine rings is 1. The largest absolute Gasteiger partial charge is 0.378 e. The molecule has 0 saturated carbocycles. The summed E-state index contributed by atoms with van der Waals surface area (Å²) in [5, 5.41) is 3.01. The number of hydrogen-bond donors (Lipinski definition) is 1. The minimum atomic E-state index is -0.384. The third-order valence-electron chi connectivity index (χ3n) is 6.12. The van der Waals surface area contributed by atoms with Crippen molar-refractivity contribution < 1.29 is 14.0 Å². The van der Waals surface area contributed by atoms with Gasteiger partial charge in [-0.05, 0) is 60.5 Å². The standard InChI is InChI=1S/C27H28FN3O2/c1-30(2)25-14-12-24(13-15-25)29-26(32)22-16-21(19-6-4-3-5-7-19)17-31(18-22)27(33)20-8-10-23(28)11-9-20/h3-15,21-22H,16-18H2,1-2H3,(H,29,32). The van der Waals surface area contributed by atoms with Crippen LogP contribution in [-0.2, 0) is 4.79 Å². The molecule has 0 aliphatic carbocycles. The van der Waals surface area contributed by atoms with E-state index >= 15 is 0 Å². The van der Waals surface area contributed by atoms with Gasteiger partial charge in [-0.25, -0.2) is 4.39 Å². The fraction of sp³-hybridized carbons (Fsp3) is 0.259. The molecule has 4 rings (SSSR count). The monoisotopic (exact) mass is 445 g/mol. The van der Waals surface area contributed by atoms with Crippen LogP contribution in [0.15, 0.2) is 78.9 Å². The second-order valence-electron chi connectivity index (χ2n) is 8.69. The van der Waals surface area contributed by atoms with Gasteiger partial charge in [-0.3, -0.25) is 9.59 Å². The highest BCUT2D eigenvalue weighted by Gasteiger charge is 2.35. The van der Waals surface area contributed by atoms with Crippen LogP contribution in [0.2, 0.25) is 0 Å². The molecule has 6 heteroatoms. The van der Waals surface area contributed by atoms with Crippen LogP contribution >= 0.6 is 0 Å². The average Bonchev–Trinajstić information content (AvgIpc) is 2.84. The van der Waals surface area contributed by atoms with E-state index in [0.29, 0.717) is 25.1 Å². The molecule has 170 valence electrons. The number of rotatable bonds is 5. The van der Waals surface area contributed by atoms with Gasteiger partial charge in [0.2, 0.25) is 5.91 Å². The van der Waals surface area contributed by atoms with Crippen LogP contribution in [-0.4, -0.2) is 43.9 Å². The first kappa shape index (κ1) is 22.5. The Morgan fingerprint density at radius 3 is 2.21 bits per heavy atom. The van der Waals surface area contributed by atoms with E-state index in [1.807, 2.05) is 73.6 Å². The molecule has 0 aromatic heterocycles. The van der Waals surface area contributed by atoms with Crippen LogP contribution in [0.1, 0.15) is 28.3 Å². The van der Waals surface area contributed by atoms with Crippen molar-refractivity contribution in [1.29, 1.82) is 0 Å². The normalized spacial score (nSPS) is 18.0. The Labute approximate surface area is 193 Å². The van der Waals surface area contributed by atoms with Gasteiger partial charge in [0, 0.05) is 50.0 Å². The summed E-state index contributed by atoms with van der Waals surface area (Å²) in [7, 11) is 3.93. The Balaban J connectivity index is 1.54. The van der Waals surface area contributed by atoms with E-state index in [9.17, 15) is 14.0 Å². The molecule has 1 aliphatic rings. The Hall–Kier alpha value is -3.67. The van der Waals surface area contributed by atoms with Crippen LogP contribution in [0.4, 0.5) is 15.8 Å². The van der Waals surface area contributed by atoms with E-state index in [-0.39, 0.29) is 29.5 Å². The number of halogens is 1. The molecule has 2 atom stereocenters. The molecular weight excluding hydrogens is 417 g/mol. The predicted octanol–water partition coefficient (Wildman–Crippen LogP) is 4.78. The third kappa shape index (κ3) is 5.40. The highest BCUT2D eigenvalue weighted by Crippen LogP contribution is 2.32. The van der Waals surface area contributed by atoms with Gasteiger partial charge in [-0.1, -0.05) is 30.3 Å². The molecule has 1 aliphatic heterocycles. The Morgan fingerprint density at radius 2 is 1.58 bits per heavy atom. The molecule has 5 nitrogen and oxygen atoms in total. The zero-order chi connectivity index (χ0) is 23.4. The van der Waals surface area contributed by atoms with Crippen LogP contribution < -0.4 is 10.2 Å². The van der Waals surface area contributed by atoms with E-state index in [1.165, 1.54) is 24.3 Å². The summed E-state index contributed by atoms with van der Waals surface area (Å²) < 4.78 is 13.3. The number of nitrogens with one attached hydrogen (secondary N) is 1. The molecule has 2 amide bonds. The summed E-state index contributed by atoms with van der Waals surface area (Å²) in [6.07, 6.45) is 0.652. The first-order valence-corrected chi connectivity index (χ1v) is 11.1. The quantitative estimate of drug-likeness (QED) is 0.615. The van der Waals surface area contributed by atoms with Gasteiger partial charge in [-0.15, -0.1) is 0 Å². The first-order valence-electron chi connectivity index (χ1n) is 11.1. The zero-order valence-electron chi connectivity index (χ0n) is 18.9.